The largest absolute Gasteiger partial charge is 0.394 e. The van der Waals surface area contributed by atoms with Crippen LogP contribution in [0.5, 0.6) is 0 Å². The highest BCUT2D eigenvalue weighted by Crippen LogP contribution is 2.32. The molecule has 0 radical (unpaired) electrons. The summed E-state index contributed by atoms with van der Waals surface area (Å²) in [5, 5.41) is 22.6. The fraction of sp³-hybridized carbons (Fsp3) is 0.389. The molecule has 4 unspecified atom stereocenters. The molecule has 1 aromatic carbocycles. The minimum absolute atomic E-state index is 0.0581. The fourth-order valence-electron chi connectivity index (χ4n) is 3.25. The topological polar surface area (TPSA) is 105 Å². The first-order chi connectivity index (χ1) is 12.7. The third-order valence-corrected chi connectivity index (χ3v) is 4.71. The standard InChI is InChI=1S/C18H21N5O3/c1-11(12-5-3-2-4-6-12)22-17-16-18(20-9-19-17)23(10-21-16)15-7-13(25)14(8-24)26-15/h2-6,9-11,13-15,24-25H,7-8H2,1H3,(H,19,20,22). The lowest BCUT2D eigenvalue weighted by molar-refractivity contribution is -0.0432. The molecule has 8 nitrogen and oxygen atoms in total. The molecule has 1 fully saturated rings. The molecule has 4 atom stereocenters. The van der Waals surface area contributed by atoms with Gasteiger partial charge in [0.2, 0.25) is 0 Å². The molecule has 1 saturated heterocycles. The maximum Gasteiger partial charge on any atom is 0.167 e. The van der Waals surface area contributed by atoms with Gasteiger partial charge >= 0.3 is 0 Å². The molecule has 4 rings (SSSR count). The van der Waals surface area contributed by atoms with Crippen molar-refractivity contribution < 1.29 is 14.9 Å². The lowest BCUT2D eigenvalue weighted by atomic mass is 10.1. The second kappa shape index (κ2) is 6.99. The average Bonchev–Trinajstić information content (AvgIpc) is 3.26. The van der Waals surface area contributed by atoms with E-state index >= 15 is 0 Å². The highest BCUT2D eigenvalue weighted by Gasteiger charge is 2.35. The average molecular weight is 355 g/mol. The van der Waals surface area contributed by atoms with Crippen molar-refractivity contribution in [3.63, 3.8) is 0 Å². The van der Waals surface area contributed by atoms with Gasteiger partial charge in [-0.1, -0.05) is 30.3 Å². The Kier molecular flexibility index (Phi) is 4.54. The summed E-state index contributed by atoms with van der Waals surface area (Å²) in [5.74, 6) is 0.641. The molecule has 3 N–H and O–H groups in total. The van der Waals surface area contributed by atoms with Gasteiger partial charge in [0.05, 0.1) is 25.1 Å². The predicted molar refractivity (Wildman–Crippen MR) is 95.4 cm³/mol. The third kappa shape index (κ3) is 3.03. The van der Waals surface area contributed by atoms with Crippen molar-refractivity contribution in [3.05, 3.63) is 48.5 Å². The summed E-state index contributed by atoms with van der Waals surface area (Å²) in [6, 6.07) is 10.1. The zero-order valence-corrected chi connectivity index (χ0v) is 14.4. The minimum Gasteiger partial charge on any atom is -0.394 e. The Morgan fingerprint density at radius 1 is 1.27 bits per heavy atom. The smallest absolute Gasteiger partial charge is 0.167 e. The van der Waals surface area contributed by atoms with E-state index in [0.29, 0.717) is 23.4 Å². The van der Waals surface area contributed by atoms with Gasteiger partial charge in [-0.3, -0.25) is 4.57 Å². The van der Waals surface area contributed by atoms with Crippen molar-refractivity contribution in [1.29, 1.82) is 0 Å². The Balaban J connectivity index is 1.61. The van der Waals surface area contributed by atoms with Crippen LogP contribution in [0.2, 0.25) is 0 Å². The number of ether oxygens (including phenoxy) is 1. The van der Waals surface area contributed by atoms with E-state index in [1.54, 1.807) is 10.9 Å². The SMILES string of the molecule is CC(Nc1ncnc2c1ncn2C1CC(O)C(CO)O1)c1ccccc1. The Bertz CT molecular complexity index is 885. The van der Waals surface area contributed by atoms with E-state index in [0.717, 1.165) is 5.56 Å². The first kappa shape index (κ1) is 16.9. The number of rotatable bonds is 5. The number of imidazole rings is 1. The summed E-state index contributed by atoms with van der Waals surface area (Å²) >= 11 is 0. The Labute approximate surface area is 150 Å². The summed E-state index contributed by atoms with van der Waals surface area (Å²) in [5.41, 5.74) is 2.41. The molecule has 0 bridgehead atoms. The van der Waals surface area contributed by atoms with Gasteiger partial charge in [0.1, 0.15) is 18.7 Å². The number of aliphatic hydroxyl groups is 2. The van der Waals surface area contributed by atoms with Gasteiger partial charge in [-0.25, -0.2) is 15.0 Å². The maximum atomic E-state index is 9.97. The van der Waals surface area contributed by atoms with E-state index in [9.17, 15) is 10.2 Å². The molecule has 136 valence electrons. The van der Waals surface area contributed by atoms with E-state index in [-0.39, 0.29) is 12.6 Å². The molecule has 1 aliphatic rings. The third-order valence-electron chi connectivity index (χ3n) is 4.71. The summed E-state index contributed by atoms with van der Waals surface area (Å²) in [6.45, 7) is 1.84. The van der Waals surface area contributed by atoms with Gasteiger partial charge in [0, 0.05) is 6.42 Å². The van der Waals surface area contributed by atoms with Crippen LogP contribution in [0.25, 0.3) is 11.2 Å². The molecule has 2 aromatic heterocycles. The number of nitrogens with zero attached hydrogens (tertiary/aromatic N) is 4. The second-order valence-corrected chi connectivity index (χ2v) is 6.44. The lowest BCUT2D eigenvalue weighted by Gasteiger charge is -2.16. The Hall–Kier alpha value is -2.55. The molecule has 0 saturated carbocycles. The number of aliphatic hydroxyl groups excluding tert-OH is 2. The van der Waals surface area contributed by atoms with Crippen LogP contribution in [-0.2, 0) is 4.74 Å². The predicted octanol–water partition coefficient (Wildman–Crippen LogP) is 1.64. The zero-order valence-electron chi connectivity index (χ0n) is 14.4. The van der Waals surface area contributed by atoms with E-state index < -0.39 is 18.4 Å². The van der Waals surface area contributed by atoms with E-state index in [1.807, 2.05) is 18.2 Å². The Morgan fingerprint density at radius 3 is 2.81 bits per heavy atom. The van der Waals surface area contributed by atoms with E-state index in [4.69, 9.17) is 4.74 Å². The molecule has 1 aliphatic heterocycles. The molecule has 3 aromatic rings. The van der Waals surface area contributed by atoms with Crippen LogP contribution in [0.1, 0.15) is 31.2 Å². The fourth-order valence-corrected chi connectivity index (χ4v) is 3.25. The number of hydrogen-bond acceptors (Lipinski definition) is 7. The zero-order chi connectivity index (χ0) is 18.1. The van der Waals surface area contributed by atoms with Crippen molar-refractivity contribution in [1.82, 2.24) is 19.5 Å². The van der Waals surface area contributed by atoms with Crippen molar-refractivity contribution in [2.75, 3.05) is 11.9 Å². The van der Waals surface area contributed by atoms with Crippen molar-refractivity contribution in [3.8, 4) is 0 Å². The molecule has 3 heterocycles. The number of fused-ring (bicyclic) bond motifs is 1. The van der Waals surface area contributed by atoms with E-state index in [1.165, 1.54) is 6.33 Å². The van der Waals surface area contributed by atoms with Gasteiger partial charge in [-0.2, -0.15) is 0 Å². The van der Waals surface area contributed by atoms with Crippen LogP contribution < -0.4 is 5.32 Å². The summed E-state index contributed by atoms with van der Waals surface area (Å²) in [6.07, 6.45) is 1.78. The van der Waals surface area contributed by atoms with Crippen LogP contribution >= 0.6 is 0 Å². The Morgan fingerprint density at radius 2 is 2.08 bits per heavy atom. The molecule has 0 spiro atoms. The van der Waals surface area contributed by atoms with Crippen LogP contribution in [0.15, 0.2) is 43.0 Å². The normalized spacial score (nSPS) is 24.0. The highest BCUT2D eigenvalue weighted by molar-refractivity contribution is 5.82. The van der Waals surface area contributed by atoms with Crippen LogP contribution in [0.4, 0.5) is 5.82 Å². The summed E-state index contributed by atoms with van der Waals surface area (Å²) in [4.78, 5) is 13.1. The number of nitrogens with one attached hydrogen (secondary N) is 1. The number of hydrogen-bond donors (Lipinski definition) is 3. The summed E-state index contributed by atoms with van der Waals surface area (Å²) < 4.78 is 7.48. The summed E-state index contributed by atoms with van der Waals surface area (Å²) in [7, 11) is 0. The first-order valence-electron chi connectivity index (χ1n) is 8.60. The monoisotopic (exact) mass is 355 g/mol. The lowest BCUT2D eigenvalue weighted by Crippen LogP contribution is -2.24. The highest BCUT2D eigenvalue weighted by atomic mass is 16.5. The molecular formula is C18H21N5O3. The quantitative estimate of drug-likeness (QED) is 0.639. The van der Waals surface area contributed by atoms with Gasteiger partial charge in [-0.05, 0) is 12.5 Å². The molecule has 26 heavy (non-hydrogen) atoms. The van der Waals surface area contributed by atoms with Crippen molar-refractivity contribution in [2.45, 2.75) is 37.8 Å². The molecular weight excluding hydrogens is 334 g/mol. The maximum absolute atomic E-state index is 9.97. The van der Waals surface area contributed by atoms with Crippen LogP contribution in [0.3, 0.4) is 0 Å². The molecule has 8 heteroatoms. The van der Waals surface area contributed by atoms with Crippen LogP contribution in [-0.4, -0.2) is 48.5 Å². The van der Waals surface area contributed by atoms with Crippen LogP contribution in [0, 0.1) is 0 Å². The molecule has 0 amide bonds. The van der Waals surface area contributed by atoms with Gasteiger partial charge in [-0.15, -0.1) is 0 Å². The van der Waals surface area contributed by atoms with Gasteiger partial charge in [0.15, 0.2) is 17.0 Å². The number of benzene rings is 1. The van der Waals surface area contributed by atoms with Gasteiger partial charge in [0.25, 0.3) is 0 Å². The molecule has 0 aliphatic carbocycles. The van der Waals surface area contributed by atoms with Crippen molar-refractivity contribution in [2.24, 2.45) is 0 Å². The minimum atomic E-state index is -0.708. The van der Waals surface area contributed by atoms with E-state index in [2.05, 4.69) is 39.3 Å². The number of anilines is 1. The second-order valence-electron chi connectivity index (χ2n) is 6.44. The number of aromatic nitrogens is 4. The van der Waals surface area contributed by atoms with Gasteiger partial charge < -0.3 is 20.3 Å². The van der Waals surface area contributed by atoms with Crippen molar-refractivity contribution >= 4 is 17.0 Å². The first-order valence-corrected chi connectivity index (χ1v) is 8.60.